The molecule has 0 aromatic carbocycles. The third kappa shape index (κ3) is 5.06. The lowest BCUT2D eigenvalue weighted by molar-refractivity contribution is -0.125. The molecular formula is C6H10N2O2. The monoisotopic (exact) mass is 142 g/mol. The Morgan fingerprint density at radius 3 is 3.00 bits per heavy atom. The Balaban J connectivity index is 3.19. The highest BCUT2D eigenvalue weighted by molar-refractivity contribution is 5.77. The fraction of sp³-hybridized carbons (Fsp3) is 0.667. The van der Waals surface area contributed by atoms with E-state index in [0.717, 1.165) is 0 Å². The number of hydrogen-bond acceptors (Lipinski definition) is 3. The van der Waals surface area contributed by atoms with Crippen LogP contribution in [0.4, 0.5) is 0 Å². The molecule has 0 aromatic rings. The standard InChI is InChI=1S/C6H10N2O2/c1-2-10-5-6(9)8-4-3-7/h2,4-5H2,1H3,(H,8,9). The summed E-state index contributed by atoms with van der Waals surface area (Å²) in [5.41, 5.74) is 0. The van der Waals surface area contributed by atoms with Crippen molar-refractivity contribution in [2.75, 3.05) is 19.8 Å². The first-order valence-electron chi connectivity index (χ1n) is 3.02. The lowest BCUT2D eigenvalue weighted by Crippen LogP contribution is -2.27. The van der Waals surface area contributed by atoms with Crippen LogP contribution in [0.15, 0.2) is 0 Å². The van der Waals surface area contributed by atoms with Gasteiger partial charge in [-0.05, 0) is 6.92 Å². The van der Waals surface area contributed by atoms with Crippen molar-refractivity contribution in [3.63, 3.8) is 0 Å². The Morgan fingerprint density at radius 2 is 2.50 bits per heavy atom. The topological polar surface area (TPSA) is 62.1 Å². The van der Waals surface area contributed by atoms with Gasteiger partial charge in [-0.2, -0.15) is 5.26 Å². The van der Waals surface area contributed by atoms with Gasteiger partial charge in [0.05, 0.1) is 6.07 Å². The second kappa shape index (κ2) is 6.05. The van der Waals surface area contributed by atoms with Crippen molar-refractivity contribution in [2.24, 2.45) is 0 Å². The van der Waals surface area contributed by atoms with E-state index in [-0.39, 0.29) is 19.1 Å². The Labute approximate surface area is 59.8 Å². The van der Waals surface area contributed by atoms with Crippen LogP contribution in [-0.2, 0) is 9.53 Å². The van der Waals surface area contributed by atoms with E-state index in [2.05, 4.69) is 5.32 Å². The average molecular weight is 142 g/mol. The number of hydrogen-bond donors (Lipinski definition) is 1. The van der Waals surface area contributed by atoms with E-state index < -0.39 is 0 Å². The molecule has 0 aliphatic heterocycles. The molecule has 0 aromatic heterocycles. The maximum Gasteiger partial charge on any atom is 0.246 e. The van der Waals surface area contributed by atoms with Crippen molar-refractivity contribution in [3.8, 4) is 6.07 Å². The number of rotatable bonds is 4. The molecule has 0 unspecified atom stereocenters. The minimum absolute atomic E-state index is 0.0399. The number of nitriles is 1. The zero-order valence-corrected chi connectivity index (χ0v) is 5.89. The summed E-state index contributed by atoms with van der Waals surface area (Å²) in [5.74, 6) is -0.247. The van der Waals surface area contributed by atoms with E-state index >= 15 is 0 Å². The summed E-state index contributed by atoms with van der Waals surface area (Å²) in [6, 6.07) is 1.79. The normalized spacial score (nSPS) is 8.40. The van der Waals surface area contributed by atoms with Crippen molar-refractivity contribution < 1.29 is 9.53 Å². The first-order valence-corrected chi connectivity index (χ1v) is 3.02. The van der Waals surface area contributed by atoms with Gasteiger partial charge in [0.1, 0.15) is 13.2 Å². The summed E-state index contributed by atoms with van der Waals surface area (Å²) >= 11 is 0. The molecule has 1 N–H and O–H groups in total. The molecule has 4 nitrogen and oxygen atoms in total. The molecule has 4 heteroatoms. The van der Waals surface area contributed by atoms with E-state index in [4.69, 9.17) is 10.00 Å². The van der Waals surface area contributed by atoms with Crippen molar-refractivity contribution in [2.45, 2.75) is 6.92 Å². The van der Waals surface area contributed by atoms with Crippen LogP contribution in [0, 0.1) is 11.3 Å². The molecule has 0 radical (unpaired) electrons. The van der Waals surface area contributed by atoms with Crippen molar-refractivity contribution in [3.05, 3.63) is 0 Å². The van der Waals surface area contributed by atoms with E-state index in [1.807, 2.05) is 0 Å². The molecule has 0 saturated heterocycles. The first-order chi connectivity index (χ1) is 4.81. The lowest BCUT2D eigenvalue weighted by Gasteiger charge is -1.98. The predicted octanol–water partition coefficient (Wildman–Crippen LogP) is -0.337. The SMILES string of the molecule is CCOCC(=O)NCC#N. The second-order valence-corrected chi connectivity index (χ2v) is 1.57. The highest BCUT2D eigenvalue weighted by atomic mass is 16.5. The molecule has 56 valence electrons. The van der Waals surface area contributed by atoms with Gasteiger partial charge in [0, 0.05) is 6.61 Å². The highest BCUT2D eigenvalue weighted by Crippen LogP contribution is 1.71. The van der Waals surface area contributed by atoms with Crippen molar-refractivity contribution >= 4 is 5.91 Å². The summed E-state index contributed by atoms with van der Waals surface area (Å²) in [5, 5.41) is 10.4. The summed E-state index contributed by atoms with van der Waals surface area (Å²) < 4.78 is 4.77. The second-order valence-electron chi connectivity index (χ2n) is 1.57. The minimum atomic E-state index is -0.247. The molecule has 0 aliphatic carbocycles. The van der Waals surface area contributed by atoms with Crippen LogP contribution in [-0.4, -0.2) is 25.7 Å². The number of carbonyl (C=O) groups excluding carboxylic acids is 1. The maximum absolute atomic E-state index is 10.6. The Kier molecular flexibility index (Phi) is 5.39. The molecule has 1 amide bonds. The Bertz CT molecular complexity index is 139. The third-order valence-corrected chi connectivity index (χ3v) is 0.802. The molecule has 0 saturated carbocycles. The quantitative estimate of drug-likeness (QED) is 0.546. The van der Waals surface area contributed by atoms with Crippen LogP contribution in [0.2, 0.25) is 0 Å². The molecular weight excluding hydrogens is 132 g/mol. The Morgan fingerprint density at radius 1 is 1.80 bits per heavy atom. The van der Waals surface area contributed by atoms with Gasteiger partial charge < -0.3 is 10.1 Å². The van der Waals surface area contributed by atoms with Crippen LogP contribution in [0.5, 0.6) is 0 Å². The average Bonchev–Trinajstić information content (AvgIpc) is 1.97. The molecule has 0 atom stereocenters. The van der Waals surface area contributed by atoms with Crippen LogP contribution in [0.1, 0.15) is 6.92 Å². The van der Waals surface area contributed by atoms with Crippen LogP contribution in [0.3, 0.4) is 0 Å². The number of amides is 1. The van der Waals surface area contributed by atoms with Gasteiger partial charge in [-0.3, -0.25) is 4.79 Å². The first kappa shape index (κ1) is 8.92. The molecule has 0 spiro atoms. The van der Waals surface area contributed by atoms with Gasteiger partial charge in [-0.25, -0.2) is 0 Å². The molecule has 0 fully saturated rings. The van der Waals surface area contributed by atoms with E-state index in [0.29, 0.717) is 6.61 Å². The number of ether oxygens (including phenoxy) is 1. The van der Waals surface area contributed by atoms with Crippen LogP contribution in [0.25, 0.3) is 0 Å². The van der Waals surface area contributed by atoms with Crippen molar-refractivity contribution in [1.29, 1.82) is 5.26 Å². The summed E-state index contributed by atoms with van der Waals surface area (Å²) in [4.78, 5) is 10.6. The van der Waals surface area contributed by atoms with Crippen LogP contribution >= 0.6 is 0 Å². The molecule has 0 rings (SSSR count). The van der Waals surface area contributed by atoms with Gasteiger partial charge in [0.15, 0.2) is 0 Å². The van der Waals surface area contributed by atoms with Gasteiger partial charge in [-0.1, -0.05) is 0 Å². The number of nitrogens with zero attached hydrogens (tertiary/aromatic N) is 1. The molecule has 0 bridgehead atoms. The minimum Gasteiger partial charge on any atom is -0.372 e. The lowest BCUT2D eigenvalue weighted by atomic mass is 10.6. The van der Waals surface area contributed by atoms with E-state index in [9.17, 15) is 4.79 Å². The maximum atomic E-state index is 10.6. The van der Waals surface area contributed by atoms with Crippen molar-refractivity contribution in [1.82, 2.24) is 5.32 Å². The van der Waals surface area contributed by atoms with E-state index in [1.165, 1.54) is 0 Å². The predicted molar refractivity (Wildman–Crippen MR) is 35.1 cm³/mol. The summed E-state index contributed by atoms with van der Waals surface area (Å²) in [7, 11) is 0. The number of nitrogens with one attached hydrogen (secondary N) is 1. The summed E-state index contributed by atoms with van der Waals surface area (Å²) in [6.07, 6.45) is 0. The summed E-state index contributed by atoms with van der Waals surface area (Å²) in [6.45, 7) is 2.40. The Hall–Kier alpha value is -1.08. The third-order valence-electron chi connectivity index (χ3n) is 0.802. The van der Waals surface area contributed by atoms with Gasteiger partial charge >= 0.3 is 0 Å². The van der Waals surface area contributed by atoms with Crippen LogP contribution < -0.4 is 5.32 Å². The fourth-order valence-electron chi connectivity index (χ4n) is 0.384. The molecule has 0 aliphatic rings. The largest absolute Gasteiger partial charge is 0.372 e. The zero-order chi connectivity index (χ0) is 7.82. The number of carbonyl (C=O) groups is 1. The molecule has 10 heavy (non-hydrogen) atoms. The zero-order valence-electron chi connectivity index (χ0n) is 5.89. The van der Waals surface area contributed by atoms with Gasteiger partial charge in [-0.15, -0.1) is 0 Å². The molecule has 0 heterocycles. The highest BCUT2D eigenvalue weighted by Gasteiger charge is 1.96. The van der Waals surface area contributed by atoms with Gasteiger partial charge in [0.2, 0.25) is 5.91 Å². The van der Waals surface area contributed by atoms with Gasteiger partial charge in [0.25, 0.3) is 0 Å². The fourth-order valence-corrected chi connectivity index (χ4v) is 0.384. The van der Waals surface area contributed by atoms with E-state index in [1.54, 1.807) is 13.0 Å². The smallest absolute Gasteiger partial charge is 0.246 e.